The largest absolute Gasteiger partial charge is 0.493 e. The summed E-state index contributed by atoms with van der Waals surface area (Å²) in [6.07, 6.45) is 1.96. The lowest BCUT2D eigenvalue weighted by molar-refractivity contribution is 0.160. The molecule has 0 spiro atoms. The Morgan fingerprint density at radius 3 is 2.53 bits per heavy atom. The predicted molar refractivity (Wildman–Crippen MR) is 60.0 cm³/mol. The third kappa shape index (κ3) is 2.56. The molecule has 5 heteroatoms. The highest BCUT2D eigenvalue weighted by Gasteiger charge is 2.13. The zero-order valence-electron chi connectivity index (χ0n) is 9.03. The first kappa shape index (κ1) is 12.2. The first-order valence-corrected chi connectivity index (χ1v) is 5.65. The molecule has 0 radical (unpaired) electrons. The van der Waals surface area contributed by atoms with E-state index in [1.165, 1.54) is 0 Å². The van der Waals surface area contributed by atoms with Crippen LogP contribution in [0.25, 0.3) is 0 Å². The highest BCUT2D eigenvalue weighted by molar-refractivity contribution is 7.98. The van der Waals surface area contributed by atoms with Gasteiger partial charge in [0.2, 0.25) is 0 Å². The lowest BCUT2D eigenvalue weighted by Crippen LogP contribution is -2.08. The van der Waals surface area contributed by atoms with Crippen LogP contribution in [0.1, 0.15) is 5.56 Å². The summed E-state index contributed by atoms with van der Waals surface area (Å²) in [4.78, 5) is 0.971. The van der Waals surface area contributed by atoms with E-state index in [2.05, 4.69) is 5.48 Å². The number of methoxy groups -OCH3 is 2. The number of nitrogens with one attached hydrogen (secondary N) is 1. The molecule has 0 amide bonds. The Morgan fingerprint density at radius 1 is 1.33 bits per heavy atom. The van der Waals surface area contributed by atoms with Crippen LogP contribution in [0.5, 0.6) is 11.5 Å². The summed E-state index contributed by atoms with van der Waals surface area (Å²) in [7, 11) is 3.21. The van der Waals surface area contributed by atoms with E-state index in [0.717, 1.165) is 10.5 Å². The van der Waals surface area contributed by atoms with Gasteiger partial charge >= 0.3 is 0 Å². The normalized spacial score (nSPS) is 10.1. The molecule has 0 heterocycles. The van der Waals surface area contributed by atoms with Gasteiger partial charge in [0.25, 0.3) is 0 Å². The first-order valence-electron chi connectivity index (χ1n) is 4.43. The second-order valence-corrected chi connectivity index (χ2v) is 3.64. The maximum atomic E-state index is 8.70. The number of hydroxylamine groups is 1. The standard InChI is InChI=1S/C10H15NO3S/c1-13-8-5-4-7(6-11-12)10(15-3)9(8)14-2/h4-5,11-12H,6H2,1-3H3. The molecular weight excluding hydrogens is 214 g/mol. The molecule has 0 aliphatic rings. The summed E-state index contributed by atoms with van der Waals surface area (Å²) in [6, 6.07) is 3.72. The molecule has 0 unspecified atom stereocenters. The molecule has 1 rings (SSSR count). The highest BCUT2D eigenvalue weighted by atomic mass is 32.2. The van der Waals surface area contributed by atoms with Crippen molar-refractivity contribution in [1.29, 1.82) is 0 Å². The van der Waals surface area contributed by atoms with E-state index in [1.807, 2.05) is 18.4 Å². The summed E-state index contributed by atoms with van der Waals surface area (Å²) in [5, 5.41) is 8.70. The summed E-state index contributed by atoms with van der Waals surface area (Å²) in [5.41, 5.74) is 3.11. The van der Waals surface area contributed by atoms with E-state index in [9.17, 15) is 0 Å². The van der Waals surface area contributed by atoms with Crippen LogP contribution in [-0.4, -0.2) is 25.7 Å². The molecule has 0 atom stereocenters. The zero-order valence-corrected chi connectivity index (χ0v) is 9.85. The molecule has 0 saturated carbocycles. The van der Waals surface area contributed by atoms with Crippen molar-refractivity contribution in [3.8, 4) is 11.5 Å². The maximum absolute atomic E-state index is 8.70. The number of benzene rings is 1. The van der Waals surface area contributed by atoms with Gasteiger partial charge in [0.05, 0.1) is 19.1 Å². The SMILES string of the molecule is COc1ccc(CNO)c(SC)c1OC. The molecule has 2 N–H and O–H groups in total. The molecular formula is C10H15NO3S. The molecule has 84 valence electrons. The van der Waals surface area contributed by atoms with Crippen molar-refractivity contribution >= 4 is 11.8 Å². The van der Waals surface area contributed by atoms with Crippen molar-refractivity contribution in [1.82, 2.24) is 5.48 Å². The van der Waals surface area contributed by atoms with Gasteiger partial charge in [-0.3, -0.25) is 0 Å². The molecule has 0 fully saturated rings. The van der Waals surface area contributed by atoms with Gasteiger partial charge in [0.1, 0.15) is 0 Å². The van der Waals surface area contributed by atoms with Crippen LogP contribution in [0.4, 0.5) is 0 Å². The van der Waals surface area contributed by atoms with Crippen molar-refractivity contribution in [2.45, 2.75) is 11.4 Å². The Balaban J connectivity index is 3.21. The molecule has 15 heavy (non-hydrogen) atoms. The number of ether oxygens (including phenoxy) is 2. The fourth-order valence-electron chi connectivity index (χ4n) is 1.39. The monoisotopic (exact) mass is 229 g/mol. The summed E-state index contributed by atoms with van der Waals surface area (Å²) < 4.78 is 10.5. The molecule has 4 nitrogen and oxygen atoms in total. The van der Waals surface area contributed by atoms with Crippen LogP contribution in [0, 0.1) is 0 Å². The summed E-state index contributed by atoms with van der Waals surface area (Å²) in [6.45, 7) is 0.385. The van der Waals surface area contributed by atoms with Gasteiger partial charge in [-0.1, -0.05) is 6.07 Å². The quantitative estimate of drug-likeness (QED) is 0.596. The lowest BCUT2D eigenvalue weighted by atomic mass is 10.2. The van der Waals surface area contributed by atoms with Gasteiger partial charge in [-0.25, -0.2) is 5.48 Å². The smallest absolute Gasteiger partial charge is 0.174 e. The van der Waals surface area contributed by atoms with Gasteiger partial charge in [0.15, 0.2) is 11.5 Å². The topological polar surface area (TPSA) is 50.7 Å². The van der Waals surface area contributed by atoms with Crippen molar-refractivity contribution < 1.29 is 14.7 Å². The molecule has 0 aliphatic carbocycles. The van der Waals surface area contributed by atoms with E-state index in [1.54, 1.807) is 26.0 Å². The second kappa shape index (κ2) is 5.85. The Bertz CT molecular complexity index is 331. The molecule has 0 aromatic heterocycles. The Kier molecular flexibility index (Phi) is 4.74. The van der Waals surface area contributed by atoms with Gasteiger partial charge in [0, 0.05) is 6.54 Å². The second-order valence-electron chi connectivity index (χ2n) is 2.83. The van der Waals surface area contributed by atoms with Gasteiger partial charge < -0.3 is 14.7 Å². The molecule has 1 aromatic rings. The van der Waals surface area contributed by atoms with Crippen LogP contribution in [0.15, 0.2) is 17.0 Å². The molecule has 0 saturated heterocycles. The lowest BCUT2D eigenvalue weighted by Gasteiger charge is -2.14. The third-order valence-electron chi connectivity index (χ3n) is 2.06. The van der Waals surface area contributed by atoms with Crippen LogP contribution >= 0.6 is 11.8 Å². The van der Waals surface area contributed by atoms with E-state index >= 15 is 0 Å². The van der Waals surface area contributed by atoms with Crippen molar-refractivity contribution in [3.05, 3.63) is 17.7 Å². The number of thioether (sulfide) groups is 1. The Morgan fingerprint density at radius 2 is 2.07 bits per heavy atom. The Hall–Kier alpha value is -0.910. The first-order chi connectivity index (χ1) is 7.28. The zero-order chi connectivity index (χ0) is 11.3. The molecule has 0 bridgehead atoms. The highest BCUT2D eigenvalue weighted by Crippen LogP contribution is 2.38. The molecule has 1 aromatic carbocycles. The number of rotatable bonds is 5. The van der Waals surface area contributed by atoms with E-state index in [0.29, 0.717) is 18.0 Å². The number of hydrogen-bond donors (Lipinski definition) is 2. The average Bonchev–Trinajstić information content (AvgIpc) is 2.28. The van der Waals surface area contributed by atoms with E-state index < -0.39 is 0 Å². The van der Waals surface area contributed by atoms with Gasteiger partial charge in [-0.15, -0.1) is 11.8 Å². The third-order valence-corrected chi connectivity index (χ3v) is 2.91. The summed E-state index contributed by atoms with van der Waals surface area (Å²) >= 11 is 1.56. The van der Waals surface area contributed by atoms with Gasteiger partial charge in [-0.2, -0.15) is 0 Å². The number of hydrogen-bond acceptors (Lipinski definition) is 5. The van der Waals surface area contributed by atoms with Crippen molar-refractivity contribution in [2.24, 2.45) is 0 Å². The van der Waals surface area contributed by atoms with E-state index in [4.69, 9.17) is 14.7 Å². The minimum Gasteiger partial charge on any atom is -0.493 e. The van der Waals surface area contributed by atoms with Crippen molar-refractivity contribution in [2.75, 3.05) is 20.5 Å². The Labute approximate surface area is 93.5 Å². The predicted octanol–water partition coefficient (Wildman–Crippen LogP) is 1.90. The van der Waals surface area contributed by atoms with Crippen LogP contribution in [-0.2, 0) is 6.54 Å². The van der Waals surface area contributed by atoms with E-state index in [-0.39, 0.29) is 0 Å². The van der Waals surface area contributed by atoms with Crippen LogP contribution < -0.4 is 15.0 Å². The molecule has 0 aliphatic heterocycles. The maximum Gasteiger partial charge on any atom is 0.174 e. The fraction of sp³-hybridized carbons (Fsp3) is 0.400. The van der Waals surface area contributed by atoms with Crippen molar-refractivity contribution in [3.63, 3.8) is 0 Å². The van der Waals surface area contributed by atoms with Gasteiger partial charge in [-0.05, 0) is 17.9 Å². The average molecular weight is 229 g/mol. The van der Waals surface area contributed by atoms with Crippen LogP contribution in [0.3, 0.4) is 0 Å². The summed E-state index contributed by atoms with van der Waals surface area (Å²) in [5.74, 6) is 1.40. The van der Waals surface area contributed by atoms with Crippen LogP contribution in [0.2, 0.25) is 0 Å². The minimum absolute atomic E-state index is 0.385. The minimum atomic E-state index is 0.385. The fourth-order valence-corrected chi connectivity index (χ4v) is 2.16.